The summed E-state index contributed by atoms with van der Waals surface area (Å²) in [6.45, 7) is 5.45. The fourth-order valence-corrected chi connectivity index (χ4v) is 3.04. The first-order valence-electron chi connectivity index (χ1n) is 7.21. The topological polar surface area (TPSA) is 69.9 Å². The van der Waals surface area contributed by atoms with E-state index in [2.05, 4.69) is 31.0 Å². The smallest absolute Gasteiger partial charge is 0.311 e. The van der Waals surface area contributed by atoms with Gasteiger partial charge in [0.25, 0.3) is 0 Å². The monoisotopic (exact) mass is 398 g/mol. The molecule has 8 heteroatoms. The SMILES string of the molecule is CC(C)(C)C(=O)OC1CC(c2ncccc2Cl)n2nc(Br)nc21. The summed E-state index contributed by atoms with van der Waals surface area (Å²) < 4.78 is 7.82. The molecule has 0 aromatic carbocycles. The van der Waals surface area contributed by atoms with Crippen molar-refractivity contribution < 1.29 is 9.53 Å². The maximum atomic E-state index is 12.2. The van der Waals surface area contributed by atoms with Gasteiger partial charge in [0.05, 0.1) is 16.1 Å². The molecule has 3 rings (SSSR count). The van der Waals surface area contributed by atoms with Gasteiger partial charge in [-0.3, -0.25) is 9.78 Å². The number of hydrogen-bond donors (Lipinski definition) is 0. The highest BCUT2D eigenvalue weighted by Crippen LogP contribution is 2.41. The summed E-state index contributed by atoms with van der Waals surface area (Å²) in [5.41, 5.74) is 0.116. The number of aromatic nitrogens is 4. The Morgan fingerprint density at radius 1 is 1.48 bits per heavy atom. The quantitative estimate of drug-likeness (QED) is 0.720. The van der Waals surface area contributed by atoms with E-state index in [1.807, 2.05) is 20.8 Å². The van der Waals surface area contributed by atoms with E-state index in [-0.39, 0.29) is 12.0 Å². The van der Waals surface area contributed by atoms with Crippen LogP contribution in [-0.2, 0) is 9.53 Å². The number of pyridine rings is 1. The second-order valence-electron chi connectivity index (χ2n) is 6.45. The molecule has 3 heterocycles. The number of halogens is 2. The van der Waals surface area contributed by atoms with E-state index in [4.69, 9.17) is 16.3 Å². The van der Waals surface area contributed by atoms with Crippen molar-refractivity contribution in [3.8, 4) is 0 Å². The second-order valence-corrected chi connectivity index (χ2v) is 7.57. The van der Waals surface area contributed by atoms with Crippen LogP contribution in [0.4, 0.5) is 0 Å². The minimum atomic E-state index is -0.581. The second kappa shape index (κ2) is 5.87. The van der Waals surface area contributed by atoms with Crippen molar-refractivity contribution in [3.63, 3.8) is 0 Å². The lowest BCUT2D eigenvalue weighted by Gasteiger charge is -2.20. The Morgan fingerprint density at radius 2 is 2.22 bits per heavy atom. The molecule has 6 nitrogen and oxygen atoms in total. The van der Waals surface area contributed by atoms with Crippen LogP contribution >= 0.6 is 27.5 Å². The van der Waals surface area contributed by atoms with E-state index in [9.17, 15) is 4.79 Å². The van der Waals surface area contributed by atoms with Crippen molar-refractivity contribution in [2.45, 2.75) is 39.3 Å². The summed E-state index contributed by atoms with van der Waals surface area (Å²) in [6, 6.07) is 3.34. The zero-order chi connectivity index (χ0) is 16.8. The van der Waals surface area contributed by atoms with Crippen molar-refractivity contribution in [1.29, 1.82) is 0 Å². The van der Waals surface area contributed by atoms with Gasteiger partial charge in [-0.1, -0.05) is 11.6 Å². The Bertz CT molecular complexity index is 756. The molecule has 2 atom stereocenters. The highest BCUT2D eigenvalue weighted by Gasteiger charge is 2.40. The molecular weight excluding hydrogens is 384 g/mol. The van der Waals surface area contributed by atoms with Crippen molar-refractivity contribution in [1.82, 2.24) is 19.7 Å². The van der Waals surface area contributed by atoms with Crippen LogP contribution in [0.1, 0.15) is 50.9 Å². The van der Waals surface area contributed by atoms with Crippen LogP contribution < -0.4 is 0 Å². The van der Waals surface area contributed by atoms with E-state index in [1.54, 1.807) is 23.0 Å². The number of ether oxygens (including phenoxy) is 1. The van der Waals surface area contributed by atoms with Crippen molar-refractivity contribution in [3.05, 3.63) is 39.6 Å². The number of nitrogens with zero attached hydrogens (tertiary/aromatic N) is 4. The first-order chi connectivity index (χ1) is 10.8. The van der Waals surface area contributed by atoms with Gasteiger partial charge in [-0.05, 0) is 48.8 Å². The summed E-state index contributed by atoms with van der Waals surface area (Å²) in [7, 11) is 0. The third-order valence-electron chi connectivity index (χ3n) is 3.62. The van der Waals surface area contributed by atoms with Crippen LogP contribution in [0, 0.1) is 5.41 Å². The van der Waals surface area contributed by atoms with Gasteiger partial charge >= 0.3 is 5.97 Å². The van der Waals surface area contributed by atoms with Crippen LogP contribution in [0.2, 0.25) is 5.02 Å². The van der Waals surface area contributed by atoms with Gasteiger partial charge in [0.2, 0.25) is 4.73 Å². The minimum Gasteiger partial charge on any atom is -0.454 e. The van der Waals surface area contributed by atoms with Crippen molar-refractivity contribution in [2.24, 2.45) is 5.41 Å². The summed E-state index contributed by atoms with van der Waals surface area (Å²) in [5.74, 6) is 0.321. The van der Waals surface area contributed by atoms with Crippen molar-refractivity contribution >= 4 is 33.5 Å². The van der Waals surface area contributed by atoms with Gasteiger partial charge in [-0.15, -0.1) is 5.10 Å². The molecule has 2 aromatic rings. The number of carbonyl (C=O) groups excluding carboxylic acids is 1. The molecule has 122 valence electrons. The summed E-state index contributed by atoms with van der Waals surface area (Å²) in [5, 5.41) is 4.90. The molecule has 0 radical (unpaired) electrons. The van der Waals surface area contributed by atoms with Gasteiger partial charge < -0.3 is 4.74 Å². The number of hydrogen-bond acceptors (Lipinski definition) is 5. The predicted molar refractivity (Wildman–Crippen MR) is 88.0 cm³/mol. The molecule has 0 saturated carbocycles. The van der Waals surface area contributed by atoms with Crippen LogP contribution in [-0.4, -0.2) is 25.7 Å². The van der Waals surface area contributed by atoms with Gasteiger partial charge in [0.15, 0.2) is 11.9 Å². The molecule has 0 fully saturated rings. The van der Waals surface area contributed by atoms with Gasteiger partial charge in [-0.2, -0.15) is 0 Å². The van der Waals surface area contributed by atoms with Gasteiger partial charge in [0, 0.05) is 12.6 Å². The molecular formula is C15H16BrClN4O2. The maximum Gasteiger partial charge on any atom is 0.311 e. The molecule has 0 aliphatic carbocycles. The Hall–Kier alpha value is -1.47. The van der Waals surface area contributed by atoms with E-state index >= 15 is 0 Å². The van der Waals surface area contributed by atoms with Gasteiger partial charge in [-0.25, -0.2) is 9.67 Å². The lowest BCUT2D eigenvalue weighted by Crippen LogP contribution is -2.24. The Morgan fingerprint density at radius 3 is 2.87 bits per heavy atom. The number of esters is 1. The minimum absolute atomic E-state index is 0.213. The maximum absolute atomic E-state index is 12.2. The molecule has 0 N–H and O–H groups in total. The Balaban J connectivity index is 1.95. The van der Waals surface area contributed by atoms with E-state index < -0.39 is 11.5 Å². The molecule has 23 heavy (non-hydrogen) atoms. The third-order valence-corrected chi connectivity index (χ3v) is 4.27. The molecule has 2 aromatic heterocycles. The molecule has 1 aliphatic heterocycles. The average Bonchev–Trinajstić information content (AvgIpc) is 2.97. The van der Waals surface area contributed by atoms with E-state index in [0.29, 0.717) is 27.7 Å². The normalized spacial score (nSPS) is 20.4. The fourth-order valence-electron chi connectivity index (χ4n) is 2.44. The number of rotatable bonds is 2. The standard InChI is InChI=1S/C15H16BrClN4O2/c1-15(2,3)13(22)23-10-7-9(11-8(17)5-4-6-18-11)21-12(10)19-14(16)20-21/h4-6,9-10H,7H2,1-3H3. The van der Waals surface area contributed by atoms with Crippen LogP contribution in [0.25, 0.3) is 0 Å². The molecule has 1 aliphatic rings. The largest absolute Gasteiger partial charge is 0.454 e. The zero-order valence-electron chi connectivity index (χ0n) is 13.0. The highest BCUT2D eigenvalue weighted by molar-refractivity contribution is 9.10. The Labute approximate surface area is 147 Å². The summed E-state index contributed by atoms with van der Waals surface area (Å²) >= 11 is 9.53. The molecule has 0 bridgehead atoms. The first-order valence-corrected chi connectivity index (χ1v) is 8.38. The summed E-state index contributed by atoms with van der Waals surface area (Å²) in [4.78, 5) is 20.9. The number of carbonyl (C=O) groups is 1. The van der Waals surface area contributed by atoms with Gasteiger partial charge in [0.1, 0.15) is 6.04 Å². The van der Waals surface area contributed by atoms with Crippen LogP contribution in [0.3, 0.4) is 0 Å². The lowest BCUT2D eigenvalue weighted by molar-refractivity contribution is -0.159. The van der Waals surface area contributed by atoms with E-state index in [0.717, 1.165) is 0 Å². The van der Waals surface area contributed by atoms with Crippen molar-refractivity contribution in [2.75, 3.05) is 0 Å². The predicted octanol–water partition coefficient (Wildman–Crippen LogP) is 3.71. The molecule has 2 unspecified atom stereocenters. The average molecular weight is 400 g/mol. The van der Waals surface area contributed by atoms with Crippen LogP contribution in [0.5, 0.6) is 0 Å². The van der Waals surface area contributed by atoms with E-state index in [1.165, 1.54) is 0 Å². The lowest BCUT2D eigenvalue weighted by atomic mass is 9.97. The molecule has 0 amide bonds. The highest BCUT2D eigenvalue weighted by atomic mass is 79.9. The molecule has 0 saturated heterocycles. The number of fused-ring (bicyclic) bond motifs is 1. The Kier molecular flexibility index (Phi) is 4.18. The third kappa shape index (κ3) is 3.12. The first kappa shape index (κ1) is 16.4. The van der Waals surface area contributed by atoms with Crippen LogP contribution in [0.15, 0.2) is 23.1 Å². The molecule has 0 spiro atoms. The fraction of sp³-hybridized carbons (Fsp3) is 0.467. The summed E-state index contributed by atoms with van der Waals surface area (Å²) in [6.07, 6.45) is 1.73. The zero-order valence-corrected chi connectivity index (χ0v) is 15.3.